The molecular weight excluding hydrogens is 272 g/mol. The number of hydrogen-bond donors (Lipinski definition) is 1. The Hall–Kier alpha value is -2.81. The Kier molecular flexibility index (Phi) is 3.79. The van der Waals surface area contributed by atoms with E-state index in [2.05, 4.69) is 40.2 Å². The topological polar surface area (TPSA) is 36.4 Å². The molecule has 0 bridgehead atoms. The lowest BCUT2D eigenvalue weighted by Crippen LogP contribution is -2.07. The summed E-state index contributed by atoms with van der Waals surface area (Å²) in [4.78, 5) is 6.39. The molecule has 2 aromatic carbocycles. The fourth-order valence-corrected chi connectivity index (χ4v) is 2.37. The SMILES string of the molecule is CN(C)c1ccc(/C=C/c2ccnc3ccc(O)cc23)cc1. The summed E-state index contributed by atoms with van der Waals surface area (Å²) in [6.45, 7) is 0. The Labute approximate surface area is 130 Å². The second kappa shape index (κ2) is 5.90. The highest BCUT2D eigenvalue weighted by Crippen LogP contribution is 2.23. The van der Waals surface area contributed by atoms with E-state index < -0.39 is 0 Å². The third-order valence-electron chi connectivity index (χ3n) is 3.62. The van der Waals surface area contributed by atoms with Gasteiger partial charge >= 0.3 is 0 Å². The van der Waals surface area contributed by atoms with Crippen molar-refractivity contribution in [3.8, 4) is 5.75 Å². The van der Waals surface area contributed by atoms with E-state index in [-0.39, 0.29) is 5.75 Å². The number of hydrogen-bond acceptors (Lipinski definition) is 3. The van der Waals surface area contributed by atoms with Crippen LogP contribution in [-0.2, 0) is 0 Å². The summed E-state index contributed by atoms with van der Waals surface area (Å²) in [6, 6.07) is 15.5. The van der Waals surface area contributed by atoms with Crippen LogP contribution in [0.2, 0.25) is 0 Å². The van der Waals surface area contributed by atoms with Crippen LogP contribution >= 0.6 is 0 Å². The summed E-state index contributed by atoms with van der Waals surface area (Å²) in [6.07, 6.45) is 5.90. The lowest BCUT2D eigenvalue weighted by Gasteiger charge is -2.11. The molecule has 0 atom stereocenters. The summed E-state index contributed by atoms with van der Waals surface area (Å²) in [5.41, 5.74) is 4.23. The van der Waals surface area contributed by atoms with Gasteiger partial charge < -0.3 is 10.0 Å². The van der Waals surface area contributed by atoms with Crippen LogP contribution in [0.1, 0.15) is 11.1 Å². The van der Waals surface area contributed by atoms with Gasteiger partial charge in [-0.25, -0.2) is 0 Å². The van der Waals surface area contributed by atoms with E-state index >= 15 is 0 Å². The average Bonchev–Trinajstić information content (AvgIpc) is 2.53. The number of aromatic hydroxyl groups is 1. The first-order valence-electron chi connectivity index (χ1n) is 7.17. The Morgan fingerprint density at radius 2 is 1.73 bits per heavy atom. The lowest BCUT2D eigenvalue weighted by atomic mass is 10.1. The number of pyridine rings is 1. The van der Waals surface area contributed by atoms with Crippen LogP contribution in [-0.4, -0.2) is 24.2 Å². The third kappa shape index (κ3) is 2.93. The molecule has 0 fully saturated rings. The molecule has 0 spiro atoms. The van der Waals surface area contributed by atoms with Gasteiger partial charge in [0.25, 0.3) is 0 Å². The highest BCUT2D eigenvalue weighted by atomic mass is 16.3. The molecule has 3 nitrogen and oxygen atoms in total. The minimum Gasteiger partial charge on any atom is -0.508 e. The second-order valence-corrected chi connectivity index (χ2v) is 5.42. The Balaban J connectivity index is 1.93. The molecule has 0 saturated heterocycles. The lowest BCUT2D eigenvalue weighted by molar-refractivity contribution is 0.476. The van der Waals surface area contributed by atoms with Crippen molar-refractivity contribution in [3.05, 3.63) is 65.9 Å². The van der Waals surface area contributed by atoms with E-state index in [1.807, 2.05) is 32.3 Å². The molecule has 0 saturated carbocycles. The Bertz CT molecular complexity index is 820. The smallest absolute Gasteiger partial charge is 0.116 e. The minimum absolute atomic E-state index is 0.255. The largest absolute Gasteiger partial charge is 0.508 e. The standard InChI is InChI=1S/C19H18N2O/c1-21(2)16-7-4-14(5-8-16)3-6-15-11-12-20-19-10-9-17(22)13-18(15)19/h3-13,22H,1-2H3/b6-3+. The maximum atomic E-state index is 9.67. The third-order valence-corrected chi connectivity index (χ3v) is 3.62. The van der Waals surface area contributed by atoms with Crippen LogP contribution < -0.4 is 4.90 Å². The van der Waals surface area contributed by atoms with Gasteiger partial charge in [0.15, 0.2) is 0 Å². The molecule has 0 unspecified atom stereocenters. The van der Waals surface area contributed by atoms with Gasteiger partial charge in [0, 0.05) is 31.4 Å². The van der Waals surface area contributed by atoms with Crippen molar-refractivity contribution in [2.45, 2.75) is 0 Å². The Morgan fingerprint density at radius 1 is 0.955 bits per heavy atom. The number of rotatable bonds is 3. The van der Waals surface area contributed by atoms with Crippen molar-refractivity contribution in [2.24, 2.45) is 0 Å². The highest BCUT2D eigenvalue weighted by molar-refractivity contribution is 5.91. The molecule has 0 aliphatic carbocycles. The van der Waals surface area contributed by atoms with Gasteiger partial charge in [0.1, 0.15) is 5.75 Å². The van der Waals surface area contributed by atoms with Crippen LogP contribution in [0.15, 0.2) is 54.7 Å². The molecule has 0 radical (unpaired) electrons. The molecule has 0 aliphatic heterocycles. The van der Waals surface area contributed by atoms with Crippen LogP contribution in [0.5, 0.6) is 5.75 Å². The number of phenols is 1. The first-order valence-corrected chi connectivity index (χ1v) is 7.17. The maximum Gasteiger partial charge on any atom is 0.116 e. The van der Waals surface area contributed by atoms with Gasteiger partial charge in [0.2, 0.25) is 0 Å². The predicted octanol–water partition coefficient (Wildman–Crippen LogP) is 4.18. The van der Waals surface area contributed by atoms with Gasteiger partial charge in [-0.3, -0.25) is 4.98 Å². The summed E-state index contributed by atoms with van der Waals surface area (Å²) in [5.74, 6) is 0.255. The monoisotopic (exact) mass is 290 g/mol. The predicted molar refractivity (Wildman–Crippen MR) is 93.1 cm³/mol. The van der Waals surface area contributed by atoms with E-state index in [4.69, 9.17) is 0 Å². The molecule has 110 valence electrons. The molecule has 1 heterocycles. The molecular formula is C19H18N2O. The van der Waals surface area contributed by atoms with E-state index in [1.165, 1.54) is 5.69 Å². The quantitative estimate of drug-likeness (QED) is 0.786. The molecule has 22 heavy (non-hydrogen) atoms. The molecule has 1 N–H and O–H groups in total. The van der Waals surface area contributed by atoms with E-state index in [0.29, 0.717) is 0 Å². The summed E-state index contributed by atoms with van der Waals surface area (Å²) >= 11 is 0. The van der Waals surface area contributed by atoms with Crippen molar-refractivity contribution >= 4 is 28.7 Å². The molecule has 3 heteroatoms. The Morgan fingerprint density at radius 3 is 2.45 bits per heavy atom. The van der Waals surface area contributed by atoms with Crippen LogP contribution in [0.3, 0.4) is 0 Å². The zero-order chi connectivity index (χ0) is 15.5. The summed E-state index contributed by atoms with van der Waals surface area (Å²) in [5, 5.41) is 10.6. The molecule has 1 aromatic heterocycles. The van der Waals surface area contributed by atoms with Crippen molar-refractivity contribution in [2.75, 3.05) is 19.0 Å². The van der Waals surface area contributed by atoms with Crippen LogP contribution in [0.4, 0.5) is 5.69 Å². The second-order valence-electron chi connectivity index (χ2n) is 5.42. The van der Waals surface area contributed by atoms with E-state index in [9.17, 15) is 5.11 Å². The molecule has 3 rings (SSSR count). The fraction of sp³-hybridized carbons (Fsp3) is 0.105. The maximum absolute atomic E-state index is 9.67. The first-order chi connectivity index (χ1) is 10.6. The van der Waals surface area contributed by atoms with Crippen LogP contribution in [0.25, 0.3) is 23.1 Å². The van der Waals surface area contributed by atoms with E-state index in [1.54, 1.807) is 18.3 Å². The fourth-order valence-electron chi connectivity index (χ4n) is 2.37. The number of nitrogens with zero attached hydrogens (tertiary/aromatic N) is 2. The molecule has 0 aliphatic rings. The normalized spacial score (nSPS) is 11.2. The van der Waals surface area contributed by atoms with Crippen molar-refractivity contribution < 1.29 is 5.11 Å². The molecule has 0 amide bonds. The highest BCUT2D eigenvalue weighted by Gasteiger charge is 2.00. The number of anilines is 1. The number of fused-ring (bicyclic) bond motifs is 1. The number of benzene rings is 2. The van der Waals surface area contributed by atoms with Crippen LogP contribution in [0, 0.1) is 0 Å². The van der Waals surface area contributed by atoms with Gasteiger partial charge in [-0.1, -0.05) is 24.3 Å². The zero-order valence-electron chi connectivity index (χ0n) is 12.7. The van der Waals surface area contributed by atoms with E-state index in [0.717, 1.165) is 22.0 Å². The summed E-state index contributed by atoms with van der Waals surface area (Å²) in [7, 11) is 4.06. The van der Waals surface area contributed by atoms with Crippen molar-refractivity contribution in [1.29, 1.82) is 0 Å². The number of phenolic OH excluding ortho intramolecular Hbond substituents is 1. The zero-order valence-corrected chi connectivity index (χ0v) is 12.7. The molecule has 3 aromatic rings. The van der Waals surface area contributed by atoms with Gasteiger partial charge in [0.05, 0.1) is 5.52 Å². The van der Waals surface area contributed by atoms with Crippen molar-refractivity contribution in [1.82, 2.24) is 4.98 Å². The van der Waals surface area contributed by atoms with Gasteiger partial charge in [-0.05, 0) is 47.5 Å². The summed E-state index contributed by atoms with van der Waals surface area (Å²) < 4.78 is 0. The number of aromatic nitrogens is 1. The first kappa shape index (κ1) is 14.1. The van der Waals surface area contributed by atoms with Gasteiger partial charge in [-0.15, -0.1) is 0 Å². The van der Waals surface area contributed by atoms with Gasteiger partial charge in [-0.2, -0.15) is 0 Å². The average molecular weight is 290 g/mol. The van der Waals surface area contributed by atoms with Crippen molar-refractivity contribution in [3.63, 3.8) is 0 Å². The minimum atomic E-state index is 0.255.